The van der Waals surface area contributed by atoms with Crippen molar-refractivity contribution in [3.05, 3.63) is 35.9 Å². The van der Waals surface area contributed by atoms with E-state index in [0.29, 0.717) is 18.1 Å². The van der Waals surface area contributed by atoms with Gasteiger partial charge in [0.05, 0.1) is 12.2 Å². The van der Waals surface area contributed by atoms with Gasteiger partial charge in [0.15, 0.2) is 0 Å². The quantitative estimate of drug-likeness (QED) is 0.691. The molecule has 0 amide bonds. The third-order valence-electron chi connectivity index (χ3n) is 2.29. The van der Waals surface area contributed by atoms with E-state index >= 15 is 0 Å². The Kier molecular flexibility index (Phi) is 4.88. The van der Waals surface area contributed by atoms with Crippen molar-refractivity contribution in [2.24, 2.45) is 5.92 Å². The second-order valence-corrected chi connectivity index (χ2v) is 3.86. The molecule has 15 heavy (non-hydrogen) atoms. The van der Waals surface area contributed by atoms with Gasteiger partial charge in [0.2, 0.25) is 0 Å². The highest BCUT2D eigenvalue weighted by Gasteiger charge is 2.08. The Balaban J connectivity index is 2.37. The molecule has 1 aromatic carbocycles. The second kappa shape index (κ2) is 6.23. The van der Waals surface area contributed by atoms with Crippen molar-refractivity contribution < 1.29 is 9.53 Å². The Morgan fingerprint density at radius 1 is 1.33 bits per heavy atom. The maximum Gasteiger partial charge on any atom is 0.338 e. The summed E-state index contributed by atoms with van der Waals surface area (Å²) in [4.78, 5) is 11.5. The first-order chi connectivity index (χ1) is 7.24. The summed E-state index contributed by atoms with van der Waals surface area (Å²) < 4.78 is 5.20. The molecule has 0 bridgehead atoms. The van der Waals surface area contributed by atoms with E-state index in [1.165, 1.54) is 0 Å². The molecular formula is C13H18O2. The van der Waals surface area contributed by atoms with Gasteiger partial charge in [-0.15, -0.1) is 0 Å². The molecular weight excluding hydrogens is 188 g/mol. The second-order valence-electron chi connectivity index (χ2n) is 3.86. The zero-order valence-electron chi connectivity index (χ0n) is 9.40. The van der Waals surface area contributed by atoms with Crippen LogP contribution in [0.2, 0.25) is 0 Å². The lowest BCUT2D eigenvalue weighted by atomic mass is 10.1. The molecule has 1 atom stereocenters. The lowest BCUT2D eigenvalue weighted by molar-refractivity contribution is 0.0443. The van der Waals surface area contributed by atoms with Crippen LogP contribution < -0.4 is 0 Å². The summed E-state index contributed by atoms with van der Waals surface area (Å²) >= 11 is 0. The van der Waals surface area contributed by atoms with E-state index in [2.05, 4.69) is 13.8 Å². The van der Waals surface area contributed by atoms with Gasteiger partial charge in [-0.3, -0.25) is 0 Å². The van der Waals surface area contributed by atoms with Crippen molar-refractivity contribution in [1.82, 2.24) is 0 Å². The van der Waals surface area contributed by atoms with Crippen LogP contribution in [0.4, 0.5) is 0 Å². The molecule has 0 aliphatic carbocycles. The van der Waals surface area contributed by atoms with Crippen LogP contribution in [0.3, 0.4) is 0 Å². The minimum Gasteiger partial charge on any atom is -0.462 e. The standard InChI is InChI=1S/C13H18O2/c1-3-7-11(2)10-15-13(14)12-8-5-4-6-9-12/h4-6,8-9,11H,3,7,10H2,1-2H3. The third kappa shape index (κ3) is 4.15. The van der Waals surface area contributed by atoms with Crippen LogP contribution in [-0.2, 0) is 4.74 Å². The molecule has 0 spiro atoms. The molecule has 82 valence electrons. The maximum absolute atomic E-state index is 11.5. The van der Waals surface area contributed by atoms with Crippen molar-refractivity contribution >= 4 is 5.97 Å². The fraction of sp³-hybridized carbons (Fsp3) is 0.462. The fourth-order valence-electron chi connectivity index (χ4n) is 1.45. The highest BCUT2D eigenvalue weighted by Crippen LogP contribution is 2.07. The van der Waals surface area contributed by atoms with E-state index in [-0.39, 0.29) is 5.97 Å². The van der Waals surface area contributed by atoms with Gasteiger partial charge in [-0.1, -0.05) is 38.5 Å². The molecule has 0 fully saturated rings. The summed E-state index contributed by atoms with van der Waals surface area (Å²) in [6, 6.07) is 9.11. The Morgan fingerprint density at radius 3 is 2.60 bits per heavy atom. The first kappa shape index (κ1) is 11.8. The van der Waals surface area contributed by atoms with Crippen LogP contribution >= 0.6 is 0 Å². The zero-order chi connectivity index (χ0) is 11.1. The first-order valence-electron chi connectivity index (χ1n) is 5.46. The smallest absolute Gasteiger partial charge is 0.338 e. The number of carbonyl (C=O) groups is 1. The highest BCUT2D eigenvalue weighted by molar-refractivity contribution is 5.89. The van der Waals surface area contributed by atoms with Crippen LogP contribution in [0.1, 0.15) is 37.0 Å². The Morgan fingerprint density at radius 2 is 2.00 bits per heavy atom. The van der Waals surface area contributed by atoms with Crippen molar-refractivity contribution in [3.63, 3.8) is 0 Å². The largest absolute Gasteiger partial charge is 0.462 e. The summed E-state index contributed by atoms with van der Waals surface area (Å²) in [7, 11) is 0. The number of esters is 1. The van der Waals surface area contributed by atoms with E-state index in [4.69, 9.17) is 4.74 Å². The number of benzene rings is 1. The van der Waals surface area contributed by atoms with Crippen LogP contribution in [0.15, 0.2) is 30.3 Å². The number of hydrogen-bond donors (Lipinski definition) is 0. The zero-order valence-corrected chi connectivity index (χ0v) is 9.40. The molecule has 1 unspecified atom stereocenters. The van der Waals surface area contributed by atoms with Crippen molar-refractivity contribution in [1.29, 1.82) is 0 Å². The Hall–Kier alpha value is -1.31. The average Bonchev–Trinajstić information content (AvgIpc) is 2.27. The minimum atomic E-state index is -0.224. The van der Waals surface area contributed by atoms with Crippen molar-refractivity contribution in [3.8, 4) is 0 Å². The average molecular weight is 206 g/mol. The summed E-state index contributed by atoms with van der Waals surface area (Å²) in [5, 5.41) is 0. The maximum atomic E-state index is 11.5. The van der Waals surface area contributed by atoms with E-state index in [0.717, 1.165) is 12.8 Å². The van der Waals surface area contributed by atoms with Gasteiger partial charge in [-0.2, -0.15) is 0 Å². The summed E-state index contributed by atoms with van der Waals surface area (Å²) in [5.41, 5.74) is 0.626. The molecule has 1 aromatic rings. The molecule has 0 aromatic heterocycles. The number of rotatable bonds is 5. The molecule has 2 nitrogen and oxygen atoms in total. The molecule has 2 heteroatoms. The predicted octanol–water partition coefficient (Wildman–Crippen LogP) is 3.28. The highest BCUT2D eigenvalue weighted by atomic mass is 16.5. The van der Waals surface area contributed by atoms with Gasteiger partial charge in [0, 0.05) is 0 Å². The topological polar surface area (TPSA) is 26.3 Å². The van der Waals surface area contributed by atoms with Crippen molar-refractivity contribution in [2.45, 2.75) is 26.7 Å². The third-order valence-corrected chi connectivity index (χ3v) is 2.29. The summed E-state index contributed by atoms with van der Waals surface area (Å²) in [6.45, 7) is 4.75. The summed E-state index contributed by atoms with van der Waals surface area (Å²) in [5.74, 6) is 0.223. The number of ether oxygens (including phenoxy) is 1. The van der Waals surface area contributed by atoms with Gasteiger partial charge in [-0.25, -0.2) is 4.79 Å². The van der Waals surface area contributed by atoms with Crippen molar-refractivity contribution in [2.75, 3.05) is 6.61 Å². The SMILES string of the molecule is CCCC(C)COC(=O)c1ccccc1. The molecule has 1 rings (SSSR count). The van der Waals surface area contributed by atoms with E-state index in [1.807, 2.05) is 18.2 Å². The van der Waals surface area contributed by atoms with Gasteiger partial charge >= 0.3 is 5.97 Å². The normalized spacial score (nSPS) is 12.1. The van der Waals surface area contributed by atoms with E-state index in [9.17, 15) is 4.79 Å². The fourth-order valence-corrected chi connectivity index (χ4v) is 1.45. The van der Waals surface area contributed by atoms with Gasteiger partial charge in [-0.05, 0) is 24.5 Å². The lowest BCUT2D eigenvalue weighted by Gasteiger charge is -2.10. The van der Waals surface area contributed by atoms with Gasteiger partial charge < -0.3 is 4.74 Å². The monoisotopic (exact) mass is 206 g/mol. The van der Waals surface area contributed by atoms with Crippen LogP contribution in [-0.4, -0.2) is 12.6 Å². The van der Waals surface area contributed by atoms with Crippen LogP contribution in [0, 0.1) is 5.92 Å². The summed E-state index contributed by atoms with van der Waals surface area (Å²) in [6.07, 6.45) is 2.23. The molecule has 0 radical (unpaired) electrons. The molecule has 0 N–H and O–H groups in total. The van der Waals surface area contributed by atoms with E-state index < -0.39 is 0 Å². The van der Waals surface area contributed by atoms with Gasteiger partial charge in [0.1, 0.15) is 0 Å². The van der Waals surface area contributed by atoms with Crippen LogP contribution in [0.25, 0.3) is 0 Å². The van der Waals surface area contributed by atoms with Crippen LogP contribution in [0.5, 0.6) is 0 Å². The minimum absolute atomic E-state index is 0.224. The lowest BCUT2D eigenvalue weighted by Crippen LogP contribution is -2.11. The first-order valence-corrected chi connectivity index (χ1v) is 5.46. The number of carbonyl (C=O) groups excluding carboxylic acids is 1. The van der Waals surface area contributed by atoms with Gasteiger partial charge in [0.25, 0.3) is 0 Å². The Labute approximate surface area is 91.3 Å². The van der Waals surface area contributed by atoms with E-state index in [1.54, 1.807) is 12.1 Å². The Bertz CT molecular complexity index is 293. The predicted molar refractivity (Wildman–Crippen MR) is 60.8 cm³/mol. The molecule has 0 saturated carbocycles. The molecule has 0 heterocycles. The molecule has 0 aliphatic heterocycles. The molecule has 0 aliphatic rings. The number of hydrogen-bond acceptors (Lipinski definition) is 2. The molecule has 0 saturated heterocycles.